The summed E-state index contributed by atoms with van der Waals surface area (Å²) < 4.78 is 39.5. The smallest absolute Gasteiger partial charge is 0.240 e. The van der Waals surface area contributed by atoms with Crippen molar-refractivity contribution in [1.82, 2.24) is 10.2 Å². The molecule has 0 aliphatic heterocycles. The summed E-state index contributed by atoms with van der Waals surface area (Å²) in [6.45, 7) is -0.0140. The van der Waals surface area contributed by atoms with Crippen molar-refractivity contribution >= 4 is 5.91 Å². The van der Waals surface area contributed by atoms with Gasteiger partial charge in [0.05, 0.1) is 6.04 Å². The first-order chi connectivity index (χ1) is 11.4. The predicted molar refractivity (Wildman–Crippen MR) is 85.8 cm³/mol. The van der Waals surface area contributed by atoms with Gasteiger partial charge in [0.15, 0.2) is 17.5 Å². The molecule has 1 N–H and O–H groups in total. The van der Waals surface area contributed by atoms with Crippen molar-refractivity contribution in [3.05, 3.63) is 71.0 Å². The van der Waals surface area contributed by atoms with E-state index >= 15 is 0 Å². The van der Waals surface area contributed by atoms with Gasteiger partial charge >= 0.3 is 0 Å². The Morgan fingerprint density at radius 1 is 1.08 bits per heavy atom. The first kappa shape index (κ1) is 18.0. The quantitative estimate of drug-likeness (QED) is 0.823. The van der Waals surface area contributed by atoms with Crippen molar-refractivity contribution in [2.45, 2.75) is 19.0 Å². The highest BCUT2D eigenvalue weighted by Gasteiger charge is 2.21. The number of hydrogen-bond acceptors (Lipinski definition) is 2. The maximum absolute atomic E-state index is 13.3. The van der Waals surface area contributed by atoms with Gasteiger partial charge in [-0.3, -0.25) is 4.79 Å². The van der Waals surface area contributed by atoms with E-state index in [1.807, 2.05) is 30.3 Å². The highest BCUT2D eigenvalue weighted by atomic mass is 19.2. The van der Waals surface area contributed by atoms with E-state index in [2.05, 4.69) is 5.32 Å². The molecule has 0 fully saturated rings. The molecule has 6 heteroatoms. The van der Waals surface area contributed by atoms with E-state index < -0.39 is 23.5 Å². The number of carbonyl (C=O) groups excluding carboxylic acids is 1. The second-order valence-corrected chi connectivity index (χ2v) is 5.60. The van der Waals surface area contributed by atoms with Crippen LogP contribution in [0.25, 0.3) is 0 Å². The molecule has 0 heterocycles. The van der Waals surface area contributed by atoms with E-state index in [1.165, 1.54) is 11.9 Å². The number of amides is 1. The fourth-order valence-corrected chi connectivity index (χ4v) is 2.48. The van der Waals surface area contributed by atoms with Crippen LogP contribution in [0.4, 0.5) is 13.2 Å². The topological polar surface area (TPSA) is 32.3 Å². The number of rotatable bonds is 6. The van der Waals surface area contributed by atoms with Crippen molar-refractivity contribution < 1.29 is 18.0 Å². The zero-order valence-corrected chi connectivity index (χ0v) is 13.5. The number of nitrogens with zero attached hydrogens (tertiary/aromatic N) is 1. The molecular formula is C18H19F3N2O. The maximum atomic E-state index is 13.3. The molecule has 1 atom stereocenters. The molecule has 0 aromatic heterocycles. The Hall–Kier alpha value is -2.34. The first-order valence-electron chi connectivity index (χ1n) is 7.52. The Bertz CT molecular complexity index is 684. The molecule has 1 amide bonds. The van der Waals surface area contributed by atoms with Gasteiger partial charge in [-0.1, -0.05) is 30.3 Å². The summed E-state index contributed by atoms with van der Waals surface area (Å²) in [5.41, 5.74) is 1.19. The molecule has 128 valence electrons. The average Bonchev–Trinajstić information content (AvgIpc) is 2.57. The summed E-state index contributed by atoms with van der Waals surface area (Å²) in [6.07, 6.45) is 0.493. The summed E-state index contributed by atoms with van der Waals surface area (Å²) in [5, 5.41) is 2.95. The second kappa shape index (κ2) is 7.97. The lowest BCUT2D eigenvalue weighted by atomic mass is 10.0. The van der Waals surface area contributed by atoms with Crippen LogP contribution in [0.3, 0.4) is 0 Å². The van der Waals surface area contributed by atoms with E-state index in [4.69, 9.17) is 0 Å². The van der Waals surface area contributed by atoms with Gasteiger partial charge in [0.1, 0.15) is 0 Å². The molecule has 3 nitrogen and oxygen atoms in total. The van der Waals surface area contributed by atoms with Crippen LogP contribution < -0.4 is 5.32 Å². The van der Waals surface area contributed by atoms with Crippen LogP contribution in [-0.4, -0.2) is 30.9 Å². The van der Waals surface area contributed by atoms with Gasteiger partial charge in [-0.15, -0.1) is 0 Å². The second-order valence-electron chi connectivity index (χ2n) is 5.60. The van der Waals surface area contributed by atoms with Gasteiger partial charge in [-0.25, -0.2) is 13.2 Å². The Labute approximate surface area is 139 Å². The van der Waals surface area contributed by atoms with Crippen molar-refractivity contribution in [3.8, 4) is 0 Å². The number of halogens is 3. The number of benzene rings is 2. The Balaban J connectivity index is 2.07. The molecule has 0 aliphatic rings. The summed E-state index contributed by atoms with van der Waals surface area (Å²) in [6, 6.07) is 10.8. The predicted octanol–water partition coefficient (Wildman–Crippen LogP) is 2.89. The Kier molecular flexibility index (Phi) is 5.98. The van der Waals surface area contributed by atoms with Gasteiger partial charge in [0, 0.05) is 13.6 Å². The number of nitrogens with one attached hydrogen (secondary N) is 1. The fraction of sp³-hybridized carbons (Fsp3) is 0.278. The molecule has 0 bridgehead atoms. The van der Waals surface area contributed by atoms with Crippen molar-refractivity contribution in [2.24, 2.45) is 0 Å². The Morgan fingerprint density at radius 3 is 2.21 bits per heavy atom. The lowest BCUT2D eigenvalue weighted by molar-refractivity contribution is -0.132. The number of hydrogen-bond donors (Lipinski definition) is 1. The van der Waals surface area contributed by atoms with Gasteiger partial charge in [0.2, 0.25) is 5.91 Å². The van der Waals surface area contributed by atoms with Crippen LogP contribution in [0.1, 0.15) is 11.1 Å². The van der Waals surface area contributed by atoms with Crippen LogP contribution in [0, 0.1) is 17.5 Å². The zero-order chi connectivity index (χ0) is 17.7. The molecule has 0 radical (unpaired) electrons. The van der Waals surface area contributed by atoms with Crippen LogP contribution in [0.5, 0.6) is 0 Å². The van der Waals surface area contributed by atoms with Crippen LogP contribution >= 0.6 is 0 Å². The summed E-state index contributed by atoms with van der Waals surface area (Å²) in [4.78, 5) is 13.9. The third-order valence-electron chi connectivity index (χ3n) is 3.77. The molecule has 1 unspecified atom stereocenters. The highest BCUT2D eigenvalue weighted by molar-refractivity contribution is 5.82. The van der Waals surface area contributed by atoms with Crippen molar-refractivity contribution in [2.75, 3.05) is 14.1 Å². The first-order valence-corrected chi connectivity index (χ1v) is 7.52. The summed E-state index contributed by atoms with van der Waals surface area (Å²) in [5.74, 6) is -4.25. The minimum absolute atomic E-state index is 0.0140. The Morgan fingerprint density at radius 2 is 1.67 bits per heavy atom. The number of likely N-dealkylation sites (N-methyl/N-ethyl adjacent to an activating group) is 2. The minimum atomic E-state index is -1.51. The molecular weight excluding hydrogens is 317 g/mol. The molecule has 2 rings (SSSR count). The molecule has 2 aromatic carbocycles. The fourth-order valence-electron chi connectivity index (χ4n) is 2.48. The molecule has 0 saturated carbocycles. The van der Waals surface area contributed by atoms with E-state index in [-0.39, 0.29) is 18.0 Å². The normalized spacial score (nSPS) is 12.0. The van der Waals surface area contributed by atoms with Gasteiger partial charge < -0.3 is 10.2 Å². The van der Waals surface area contributed by atoms with E-state index in [1.54, 1.807) is 7.05 Å². The zero-order valence-electron chi connectivity index (χ0n) is 13.5. The molecule has 0 aliphatic carbocycles. The summed E-state index contributed by atoms with van der Waals surface area (Å²) in [7, 11) is 3.22. The van der Waals surface area contributed by atoms with Crippen molar-refractivity contribution in [1.29, 1.82) is 0 Å². The average molecular weight is 336 g/mol. The minimum Gasteiger partial charge on any atom is -0.340 e. The SMILES string of the molecule is CNC(Cc1ccccc1)C(=O)N(C)Cc1cc(F)c(F)c(F)c1. The van der Waals surface area contributed by atoms with Crippen LogP contribution in [0.2, 0.25) is 0 Å². The van der Waals surface area contributed by atoms with Gasteiger partial charge in [-0.05, 0) is 36.7 Å². The molecule has 24 heavy (non-hydrogen) atoms. The van der Waals surface area contributed by atoms with E-state index in [0.29, 0.717) is 6.42 Å². The van der Waals surface area contributed by atoms with Crippen LogP contribution in [0.15, 0.2) is 42.5 Å². The lowest BCUT2D eigenvalue weighted by Gasteiger charge is -2.24. The number of carbonyl (C=O) groups is 1. The third kappa shape index (κ3) is 4.35. The largest absolute Gasteiger partial charge is 0.340 e. The molecule has 0 saturated heterocycles. The standard InChI is InChI=1S/C18H19F3N2O/c1-22-16(10-12-6-4-3-5-7-12)18(24)23(2)11-13-8-14(19)17(21)15(20)9-13/h3-9,16,22H,10-11H2,1-2H3. The monoisotopic (exact) mass is 336 g/mol. The lowest BCUT2D eigenvalue weighted by Crippen LogP contribution is -2.44. The molecule has 0 spiro atoms. The van der Waals surface area contributed by atoms with Crippen LogP contribution in [-0.2, 0) is 17.8 Å². The van der Waals surface area contributed by atoms with E-state index in [9.17, 15) is 18.0 Å². The van der Waals surface area contributed by atoms with E-state index in [0.717, 1.165) is 17.7 Å². The third-order valence-corrected chi connectivity index (χ3v) is 3.77. The van der Waals surface area contributed by atoms with Gasteiger partial charge in [-0.2, -0.15) is 0 Å². The van der Waals surface area contributed by atoms with Crippen molar-refractivity contribution in [3.63, 3.8) is 0 Å². The van der Waals surface area contributed by atoms with Gasteiger partial charge in [0.25, 0.3) is 0 Å². The molecule has 2 aromatic rings. The summed E-state index contributed by atoms with van der Waals surface area (Å²) >= 11 is 0. The highest BCUT2D eigenvalue weighted by Crippen LogP contribution is 2.15. The maximum Gasteiger partial charge on any atom is 0.240 e.